The number of hydrogen-bond acceptors (Lipinski definition) is 5. The summed E-state index contributed by atoms with van der Waals surface area (Å²) in [6.45, 7) is 0. The van der Waals surface area contributed by atoms with Crippen LogP contribution in [0.5, 0.6) is 0 Å². The van der Waals surface area contributed by atoms with Crippen LogP contribution in [0.2, 0.25) is 0 Å². The first-order valence-corrected chi connectivity index (χ1v) is 7.79. The van der Waals surface area contributed by atoms with Gasteiger partial charge in [-0.15, -0.1) is 0 Å². The summed E-state index contributed by atoms with van der Waals surface area (Å²) < 4.78 is 2.69. The molecule has 3 aromatic heterocycles. The molecule has 21 heavy (non-hydrogen) atoms. The highest BCUT2D eigenvalue weighted by atomic mass is 79.9. The van der Waals surface area contributed by atoms with E-state index in [4.69, 9.17) is 0 Å². The van der Waals surface area contributed by atoms with Crippen LogP contribution in [0.25, 0.3) is 16.6 Å². The second-order valence-electron chi connectivity index (χ2n) is 4.32. The summed E-state index contributed by atoms with van der Waals surface area (Å²) in [5, 5.41) is 2.69. The quantitative estimate of drug-likeness (QED) is 0.513. The molecule has 0 unspecified atom stereocenters. The smallest absolute Gasteiger partial charge is 0.170 e. The summed E-state index contributed by atoms with van der Waals surface area (Å²) >= 11 is 4.92. The van der Waals surface area contributed by atoms with Crippen LogP contribution in [0.3, 0.4) is 0 Å². The Labute approximate surface area is 132 Å². The SMILES string of the molecule is Brc1cn2ccnc2c(Sc2ncnc3ccccc23)n1. The molecule has 102 valence electrons. The predicted molar refractivity (Wildman–Crippen MR) is 84.3 cm³/mol. The highest BCUT2D eigenvalue weighted by molar-refractivity contribution is 9.10. The second kappa shape index (κ2) is 5.09. The molecular weight excluding hydrogens is 350 g/mol. The molecule has 0 atom stereocenters. The highest BCUT2D eigenvalue weighted by Gasteiger charge is 2.11. The number of para-hydroxylation sites is 1. The van der Waals surface area contributed by atoms with Crippen molar-refractivity contribution >= 4 is 44.2 Å². The fraction of sp³-hybridized carbons (Fsp3) is 0. The Morgan fingerprint density at radius 2 is 1.95 bits per heavy atom. The summed E-state index contributed by atoms with van der Waals surface area (Å²) in [6.07, 6.45) is 7.10. The molecule has 4 rings (SSSR count). The van der Waals surface area contributed by atoms with Gasteiger partial charge in [0.1, 0.15) is 21.0 Å². The third-order valence-corrected chi connectivity index (χ3v) is 4.38. The van der Waals surface area contributed by atoms with E-state index < -0.39 is 0 Å². The normalized spacial score (nSPS) is 11.3. The van der Waals surface area contributed by atoms with Crippen LogP contribution in [-0.4, -0.2) is 24.3 Å². The maximum atomic E-state index is 4.51. The van der Waals surface area contributed by atoms with Gasteiger partial charge in [-0.1, -0.05) is 18.2 Å². The van der Waals surface area contributed by atoms with Crippen molar-refractivity contribution in [3.05, 3.63) is 53.8 Å². The van der Waals surface area contributed by atoms with Crippen molar-refractivity contribution in [2.75, 3.05) is 0 Å². The molecule has 0 fully saturated rings. The maximum Gasteiger partial charge on any atom is 0.170 e. The molecule has 3 heterocycles. The van der Waals surface area contributed by atoms with Crippen LogP contribution in [0.15, 0.2) is 63.8 Å². The minimum atomic E-state index is 0.758. The van der Waals surface area contributed by atoms with Gasteiger partial charge in [-0.25, -0.2) is 19.9 Å². The van der Waals surface area contributed by atoms with E-state index in [0.717, 1.165) is 31.2 Å². The van der Waals surface area contributed by atoms with Gasteiger partial charge in [-0.05, 0) is 33.8 Å². The topological polar surface area (TPSA) is 56.0 Å². The van der Waals surface area contributed by atoms with Crippen molar-refractivity contribution in [1.82, 2.24) is 24.3 Å². The molecule has 0 amide bonds. The third kappa shape index (κ3) is 2.28. The van der Waals surface area contributed by atoms with Gasteiger partial charge in [-0.3, -0.25) is 0 Å². The van der Waals surface area contributed by atoms with Crippen molar-refractivity contribution in [3.8, 4) is 0 Å². The minimum Gasteiger partial charge on any atom is -0.302 e. The molecule has 0 spiro atoms. The monoisotopic (exact) mass is 357 g/mol. The average Bonchev–Trinajstić information content (AvgIpc) is 2.96. The molecule has 0 bridgehead atoms. The number of benzene rings is 1. The first kappa shape index (κ1) is 12.7. The van der Waals surface area contributed by atoms with Crippen LogP contribution in [-0.2, 0) is 0 Å². The molecule has 0 saturated heterocycles. The van der Waals surface area contributed by atoms with E-state index in [2.05, 4.69) is 35.9 Å². The molecule has 5 nitrogen and oxygen atoms in total. The molecule has 0 aliphatic heterocycles. The zero-order valence-corrected chi connectivity index (χ0v) is 13.0. The summed E-state index contributed by atoms with van der Waals surface area (Å²) in [7, 11) is 0. The number of halogens is 1. The number of rotatable bonds is 2. The van der Waals surface area contributed by atoms with Crippen molar-refractivity contribution in [1.29, 1.82) is 0 Å². The standard InChI is InChI=1S/C14H8BrN5S/c15-11-7-20-6-5-16-12(20)14(19-11)21-13-9-3-1-2-4-10(9)17-8-18-13/h1-8H. The van der Waals surface area contributed by atoms with Gasteiger partial charge in [0.15, 0.2) is 5.65 Å². The van der Waals surface area contributed by atoms with Crippen molar-refractivity contribution in [2.45, 2.75) is 10.1 Å². The van der Waals surface area contributed by atoms with E-state index in [0.29, 0.717) is 0 Å². The number of aromatic nitrogens is 5. The fourth-order valence-corrected chi connectivity index (χ4v) is 3.57. The van der Waals surface area contributed by atoms with Gasteiger partial charge in [0.05, 0.1) is 5.52 Å². The van der Waals surface area contributed by atoms with Crippen LogP contribution in [0.4, 0.5) is 0 Å². The van der Waals surface area contributed by atoms with Gasteiger partial charge >= 0.3 is 0 Å². The van der Waals surface area contributed by atoms with E-state index in [1.54, 1.807) is 12.5 Å². The Hall–Kier alpha value is -1.99. The van der Waals surface area contributed by atoms with Crippen molar-refractivity contribution in [2.24, 2.45) is 0 Å². The van der Waals surface area contributed by atoms with Crippen LogP contribution in [0, 0.1) is 0 Å². The largest absolute Gasteiger partial charge is 0.302 e. The van der Waals surface area contributed by atoms with E-state index in [1.165, 1.54) is 11.8 Å². The van der Waals surface area contributed by atoms with E-state index in [1.807, 2.05) is 41.1 Å². The Bertz CT molecular complexity index is 947. The number of fused-ring (bicyclic) bond motifs is 2. The Balaban J connectivity index is 1.89. The Morgan fingerprint density at radius 3 is 2.90 bits per heavy atom. The van der Waals surface area contributed by atoms with Gasteiger partial charge in [-0.2, -0.15) is 0 Å². The first-order valence-electron chi connectivity index (χ1n) is 6.18. The predicted octanol–water partition coefficient (Wildman–Crippen LogP) is 3.59. The zero-order chi connectivity index (χ0) is 14.2. The fourth-order valence-electron chi connectivity index (χ4n) is 2.09. The van der Waals surface area contributed by atoms with E-state index >= 15 is 0 Å². The Kier molecular flexibility index (Phi) is 3.08. The molecule has 0 saturated carbocycles. The van der Waals surface area contributed by atoms with Crippen LogP contribution < -0.4 is 0 Å². The van der Waals surface area contributed by atoms with Gasteiger partial charge in [0, 0.05) is 24.0 Å². The maximum absolute atomic E-state index is 4.51. The Morgan fingerprint density at radius 1 is 1.05 bits per heavy atom. The third-order valence-electron chi connectivity index (χ3n) is 3.01. The molecule has 7 heteroatoms. The van der Waals surface area contributed by atoms with Crippen molar-refractivity contribution in [3.63, 3.8) is 0 Å². The van der Waals surface area contributed by atoms with Crippen LogP contribution in [0.1, 0.15) is 0 Å². The number of hydrogen-bond donors (Lipinski definition) is 0. The number of imidazole rings is 1. The van der Waals surface area contributed by atoms with E-state index in [9.17, 15) is 0 Å². The van der Waals surface area contributed by atoms with E-state index in [-0.39, 0.29) is 0 Å². The molecule has 1 aromatic carbocycles. The van der Waals surface area contributed by atoms with Crippen molar-refractivity contribution < 1.29 is 0 Å². The molecule has 4 aromatic rings. The summed E-state index contributed by atoms with van der Waals surface area (Å²) in [5.74, 6) is 0. The zero-order valence-electron chi connectivity index (χ0n) is 10.6. The molecule has 0 aliphatic rings. The van der Waals surface area contributed by atoms with Gasteiger partial charge < -0.3 is 4.40 Å². The minimum absolute atomic E-state index is 0.758. The summed E-state index contributed by atoms with van der Waals surface area (Å²) in [5.41, 5.74) is 1.73. The molecule has 0 N–H and O–H groups in total. The molecule has 0 aliphatic carbocycles. The lowest BCUT2D eigenvalue weighted by molar-refractivity contribution is 1.00. The summed E-state index contributed by atoms with van der Waals surface area (Å²) in [4.78, 5) is 17.5. The lowest BCUT2D eigenvalue weighted by Crippen LogP contribution is -1.93. The van der Waals surface area contributed by atoms with Gasteiger partial charge in [0.2, 0.25) is 0 Å². The summed E-state index contributed by atoms with van der Waals surface area (Å²) in [6, 6.07) is 7.93. The lowest BCUT2D eigenvalue weighted by Gasteiger charge is -2.05. The molecular formula is C14H8BrN5S. The van der Waals surface area contributed by atoms with Gasteiger partial charge in [0.25, 0.3) is 0 Å². The number of nitrogens with zero attached hydrogens (tertiary/aromatic N) is 5. The highest BCUT2D eigenvalue weighted by Crippen LogP contribution is 2.32. The van der Waals surface area contributed by atoms with Crippen LogP contribution >= 0.6 is 27.7 Å². The average molecular weight is 358 g/mol. The second-order valence-corrected chi connectivity index (χ2v) is 6.11. The lowest BCUT2D eigenvalue weighted by atomic mass is 10.2. The first-order chi connectivity index (χ1) is 10.3. The molecule has 0 radical (unpaired) electrons.